The van der Waals surface area contributed by atoms with Crippen LogP contribution in [-0.2, 0) is 10.0 Å². The van der Waals surface area contributed by atoms with Crippen molar-refractivity contribution in [2.24, 2.45) is 5.10 Å². The molecule has 0 aliphatic heterocycles. The van der Waals surface area contributed by atoms with Crippen molar-refractivity contribution >= 4 is 28.1 Å². The Morgan fingerprint density at radius 1 is 0.969 bits per heavy atom. The summed E-state index contributed by atoms with van der Waals surface area (Å²) in [4.78, 5) is 23.6. The van der Waals surface area contributed by atoms with Gasteiger partial charge in [0.25, 0.3) is 15.9 Å². The third kappa shape index (κ3) is 5.02. The molecule has 11 heteroatoms. The quantitative estimate of drug-likeness (QED) is 0.327. The molecule has 0 radical (unpaired) electrons. The van der Waals surface area contributed by atoms with Gasteiger partial charge in [0.2, 0.25) is 5.95 Å². The second kappa shape index (κ2) is 9.18. The molecule has 0 bridgehead atoms. The number of amides is 1. The van der Waals surface area contributed by atoms with Crippen LogP contribution in [0.4, 0.5) is 5.95 Å². The molecule has 0 saturated carbocycles. The van der Waals surface area contributed by atoms with E-state index in [2.05, 4.69) is 30.2 Å². The number of hydrogen-bond acceptors (Lipinski definition) is 8. The van der Waals surface area contributed by atoms with Crippen molar-refractivity contribution in [2.45, 2.75) is 4.90 Å². The Morgan fingerprint density at radius 2 is 1.75 bits per heavy atom. The smallest absolute Gasteiger partial charge is 0.272 e. The van der Waals surface area contributed by atoms with Crippen molar-refractivity contribution in [1.82, 2.24) is 20.4 Å². The van der Waals surface area contributed by atoms with Crippen molar-refractivity contribution in [3.63, 3.8) is 0 Å². The molecule has 32 heavy (non-hydrogen) atoms. The van der Waals surface area contributed by atoms with Crippen LogP contribution in [0.2, 0.25) is 0 Å². The molecule has 0 spiro atoms. The summed E-state index contributed by atoms with van der Waals surface area (Å²) in [5.41, 5.74) is 3.44. The van der Waals surface area contributed by atoms with Crippen molar-refractivity contribution in [2.75, 3.05) is 4.72 Å². The van der Waals surface area contributed by atoms with Gasteiger partial charge in [-0.3, -0.25) is 9.78 Å². The molecular weight excluding hydrogens is 432 g/mol. The Hall–Kier alpha value is -4.38. The number of pyridine rings is 1. The number of aromatic nitrogens is 3. The molecule has 0 aliphatic carbocycles. The average molecular weight is 448 g/mol. The second-order valence-corrected chi connectivity index (χ2v) is 8.03. The highest BCUT2D eigenvalue weighted by atomic mass is 32.2. The van der Waals surface area contributed by atoms with E-state index in [4.69, 9.17) is 4.42 Å². The Kier molecular flexibility index (Phi) is 5.99. The van der Waals surface area contributed by atoms with Gasteiger partial charge in [-0.1, -0.05) is 0 Å². The van der Waals surface area contributed by atoms with E-state index in [9.17, 15) is 13.2 Å². The fourth-order valence-corrected chi connectivity index (χ4v) is 3.58. The van der Waals surface area contributed by atoms with Crippen LogP contribution < -0.4 is 10.1 Å². The predicted octanol–water partition coefficient (Wildman–Crippen LogP) is 2.70. The topological polar surface area (TPSA) is 139 Å². The Bertz CT molecular complexity index is 1340. The summed E-state index contributed by atoms with van der Waals surface area (Å²) in [6, 6.07) is 14.4. The van der Waals surface area contributed by atoms with Gasteiger partial charge in [0.1, 0.15) is 11.5 Å². The maximum atomic E-state index is 12.5. The summed E-state index contributed by atoms with van der Waals surface area (Å²) in [5, 5.41) is 3.87. The zero-order chi connectivity index (χ0) is 22.4. The van der Waals surface area contributed by atoms with Gasteiger partial charge in [0.15, 0.2) is 0 Å². The monoisotopic (exact) mass is 448 g/mol. The number of hydrazone groups is 1. The minimum absolute atomic E-state index is 0.0119. The van der Waals surface area contributed by atoms with E-state index < -0.39 is 15.9 Å². The van der Waals surface area contributed by atoms with E-state index in [1.54, 1.807) is 48.7 Å². The molecule has 3 heterocycles. The molecule has 0 atom stereocenters. The third-order valence-corrected chi connectivity index (χ3v) is 5.49. The van der Waals surface area contributed by atoms with Crippen molar-refractivity contribution < 1.29 is 17.6 Å². The molecule has 10 nitrogen and oxygen atoms in total. The number of anilines is 1. The van der Waals surface area contributed by atoms with Crippen LogP contribution in [0.5, 0.6) is 0 Å². The first-order chi connectivity index (χ1) is 15.5. The summed E-state index contributed by atoms with van der Waals surface area (Å²) in [5.74, 6) is 0.508. The van der Waals surface area contributed by atoms with Crippen LogP contribution in [0.25, 0.3) is 11.3 Å². The number of nitrogens with one attached hydrogen (secondary N) is 2. The van der Waals surface area contributed by atoms with E-state index in [1.807, 2.05) is 0 Å². The van der Waals surface area contributed by atoms with E-state index in [-0.39, 0.29) is 10.8 Å². The van der Waals surface area contributed by atoms with Gasteiger partial charge in [-0.05, 0) is 54.6 Å². The molecule has 0 saturated heterocycles. The fraction of sp³-hybridized carbons (Fsp3) is 0. The number of furan rings is 1. The van der Waals surface area contributed by atoms with Crippen molar-refractivity contribution in [3.8, 4) is 11.3 Å². The molecule has 2 N–H and O–H groups in total. The maximum Gasteiger partial charge on any atom is 0.272 e. The lowest BCUT2D eigenvalue weighted by Crippen LogP contribution is -2.17. The highest BCUT2D eigenvalue weighted by Crippen LogP contribution is 2.23. The molecule has 4 aromatic rings. The van der Waals surface area contributed by atoms with E-state index in [1.165, 1.54) is 36.9 Å². The van der Waals surface area contributed by atoms with Gasteiger partial charge in [-0.15, -0.1) is 0 Å². The Balaban J connectivity index is 1.41. The first-order valence-electron chi connectivity index (χ1n) is 9.25. The fourth-order valence-electron chi connectivity index (χ4n) is 2.62. The first kappa shape index (κ1) is 20.9. The Morgan fingerprint density at radius 3 is 2.47 bits per heavy atom. The average Bonchev–Trinajstić information content (AvgIpc) is 3.29. The van der Waals surface area contributed by atoms with Crippen LogP contribution in [0.1, 0.15) is 16.1 Å². The Labute approximate surface area is 183 Å². The standard InChI is InChI=1S/C21H16N6O4S/c28-20(16-3-1-10-22-13-16)26-25-14-17-6-9-19(31-17)15-4-7-18(8-5-15)32(29,30)27-21-23-11-2-12-24-21/h1-14H,(H,26,28)(H,23,24,27)/b25-14+. The summed E-state index contributed by atoms with van der Waals surface area (Å²) in [6.07, 6.45) is 7.25. The van der Waals surface area contributed by atoms with Gasteiger partial charge >= 0.3 is 0 Å². The van der Waals surface area contributed by atoms with E-state index >= 15 is 0 Å². The van der Waals surface area contributed by atoms with Gasteiger partial charge in [0.05, 0.1) is 16.7 Å². The molecule has 0 aliphatic rings. The minimum atomic E-state index is -3.82. The lowest BCUT2D eigenvalue weighted by molar-refractivity contribution is 0.0954. The predicted molar refractivity (Wildman–Crippen MR) is 116 cm³/mol. The highest BCUT2D eigenvalue weighted by Gasteiger charge is 2.16. The molecule has 3 aromatic heterocycles. The van der Waals surface area contributed by atoms with Crippen molar-refractivity contribution in [1.29, 1.82) is 0 Å². The molecular formula is C21H16N6O4S. The minimum Gasteiger partial charge on any atom is -0.455 e. The normalized spacial score (nSPS) is 11.4. The third-order valence-electron chi connectivity index (χ3n) is 4.15. The first-order valence-corrected chi connectivity index (χ1v) is 10.7. The number of hydrogen-bond donors (Lipinski definition) is 2. The number of nitrogens with zero attached hydrogens (tertiary/aromatic N) is 4. The summed E-state index contributed by atoms with van der Waals surface area (Å²) in [6.45, 7) is 0. The van der Waals surface area contributed by atoms with Gasteiger partial charge in [-0.25, -0.2) is 28.5 Å². The van der Waals surface area contributed by atoms with Gasteiger partial charge in [0, 0.05) is 30.4 Å². The van der Waals surface area contributed by atoms with Crippen LogP contribution in [0.3, 0.4) is 0 Å². The lowest BCUT2D eigenvalue weighted by Gasteiger charge is -2.06. The lowest BCUT2D eigenvalue weighted by atomic mass is 10.2. The molecule has 1 amide bonds. The number of carbonyl (C=O) groups is 1. The molecule has 0 fully saturated rings. The SMILES string of the molecule is O=C(N/N=C/c1ccc(-c2ccc(S(=O)(=O)Nc3ncccn3)cc2)o1)c1cccnc1. The van der Waals surface area contributed by atoms with E-state index in [0.29, 0.717) is 22.6 Å². The van der Waals surface area contributed by atoms with Gasteiger partial charge in [-0.2, -0.15) is 5.10 Å². The van der Waals surface area contributed by atoms with Crippen LogP contribution in [-0.4, -0.2) is 35.5 Å². The zero-order valence-corrected chi connectivity index (χ0v) is 17.2. The molecule has 4 rings (SSSR count). The van der Waals surface area contributed by atoms with Crippen LogP contribution in [0.15, 0.2) is 93.8 Å². The number of sulfonamides is 1. The van der Waals surface area contributed by atoms with E-state index in [0.717, 1.165) is 0 Å². The zero-order valence-electron chi connectivity index (χ0n) is 16.4. The molecule has 160 valence electrons. The summed E-state index contributed by atoms with van der Waals surface area (Å²) in [7, 11) is -3.82. The summed E-state index contributed by atoms with van der Waals surface area (Å²) >= 11 is 0. The van der Waals surface area contributed by atoms with Crippen LogP contribution in [0, 0.1) is 0 Å². The van der Waals surface area contributed by atoms with Gasteiger partial charge < -0.3 is 4.42 Å². The number of benzene rings is 1. The highest BCUT2D eigenvalue weighted by molar-refractivity contribution is 7.92. The molecule has 1 aromatic carbocycles. The number of rotatable bonds is 7. The second-order valence-electron chi connectivity index (χ2n) is 6.35. The molecule has 0 unspecified atom stereocenters. The van der Waals surface area contributed by atoms with Crippen LogP contribution >= 0.6 is 0 Å². The van der Waals surface area contributed by atoms with Crippen molar-refractivity contribution in [3.05, 3.63) is 90.7 Å². The summed E-state index contributed by atoms with van der Waals surface area (Å²) < 4.78 is 32.9. The number of carbonyl (C=O) groups excluding carboxylic acids is 1. The maximum absolute atomic E-state index is 12.5. The largest absolute Gasteiger partial charge is 0.455 e.